The molecule has 0 bridgehead atoms. The van der Waals surface area contributed by atoms with Crippen LogP contribution >= 0.6 is 0 Å². The van der Waals surface area contributed by atoms with E-state index in [1.807, 2.05) is 0 Å². The van der Waals surface area contributed by atoms with Gasteiger partial charge in [0.25, 0.3) is 10.1 Å². The van der Waals surface area contributed by atoms with Crippen molar-refractivity contribution in [3.8, 4) is 0 Å². The van der Waals surface area contributed by atoms with Crippen molar-refractivity contribution in [3.63, 3.8) is 0 Å². The van der Waals surface area contributed by atoms with Crippen molar-refractivity contribution in [2.24, 2.45) is 0 Å². The summed E-state index contributed by atoms with van der Waals surface area (Å²) in [7, 11) is -4.60. The van der Waals surface area contributed by atoms with Crippen molar-refractivity contribution in [2.45, 2.75) is 288 Å². The molecule has 6 atom stereocenters. The quantitative estimate of drug-likeness (QED) is 0.0258. The van der Waals surface area contributed by atoms with Gasteiger partial charge in [-0.15, -0.1) is 0 Å². The smallest absolute Gasteiger partial charge is 0.306 e. The van der Waals surface area contributed by atoms with Gasteiger partial charge in [-0.05, 0) is 12.8 Å². The van der Waals surface area contributed by atoms with E-state index in [0.717, 1.165) is 38.5 Å². The van der Waals surface area contributed by atoms with Gasteiger partial charge in [-0.25, -0.2) is 0 Å². The lowest BCUT2D eigenvalue weighted by Gasteiger charge is -2.40. The van der Waals surface area contributed by atoms with Gasteiger partial charge in [-0.3, -0.25) is 14.1 Å². The van der Waals surface area contributed by atoms with Crippen LogP contribution in [0.15, 0.2) is 0 Å². The van der Waals surface area contributed by atoms with Gasteiger partial charge in [0.05, 0.1) is 6.61 Å². The molecule has 12 nitrogen and oxygen atoms in total. The third-order valence-corrected chi connectivity index (χ3v) is 13.2. The van der Waals surface area contributed by atoms with Crippen LogP contribution in [0.2, 0.25) is 0 Å². The fourth-order valence-corrected chi connectivity index (χ4v) is 9.08. The summed E-state index contributed by atoms with van der Waals surface area (Å²) in [6.45, 7) is 3.80. The molecule has 374 valence electrons. The fourth-order valence-electron chi connectivity index (χ4n) is 8.39. The van der Waals surface area contributed by atoms with Gasteiger partial charge in [0.15, 0.2) is 12.4 Å². The summed E-state index contributed by atoms with van der Waals surface area (Å²) in [6, 6.07) is 0. The van der Waals surface area contributed by atoms with Gasteiger partial charge >= 0.3 is 11.9 Å². The Balaban J connectivity index is 2.29. The van der Waals surface area contributed by atoms with E-state index >= 15 is 0 Å². The van der Waals surface area contributed by atoms with Crippen LogP contribution in [0.25, 0.3) is 0 Å². The highest BCUT2D eigenvalue weighted by Crippen LogP contribution is 2.24. The van der Waals surface area contributed by atoms with Gasteiger partial charge in [-0.1, -0.05) is 226 Å². The molecule has 0 spiro atoms. The topological polar surface area (TPSA) is 186 Å². The highest BCUT2D eigenvalue weighted by atomic mass is 32.2. The molecule has 1 aliphatic heterocycles. The standard InChI is InChI=1S/C50H96O12S/c1-3-5-7-9-11-13-15-17-18-19-20-21-22-23-24-25-26-27-29-30-32-34-36-38-45(51)59-40-43(41-60-50-49(55)48(54)47(53)44(62-50)42-63(56,57)58)61-46(52)39-37-35-33-31-28-16-14-12-10-8-6-4-2/h43-44,47-50,53-55H,3-42H2,1-2H3,(H,56,57,58)/t43-,44-,47-,48?,49?,50+/m1/s1. The summed E-state index contributed by atoms with van der Waals surface area (Å²) in [5.74, 6) is -1.96. The molecule has 1 rings (SSSR count). The molecule has 0 aromatic heterocycles. The van der Waals surface area contributed by atoms with Crippen molar-refractivity contribution >= 4 is 22.1 Å². The van der Waals surface area contributed by atoms with E-state index in [9.17, 15) is 37.9 Å². The van der Waals surface area contributed by atoms with Crippen LogP contribution in [-0.2, 0) is 38.7 Å². The first-order valence-electron chi connectivity index (χ1n) is 26.1. The van der Waals surface area contributed by atoms with Crippen LogP contribution in [0.3, 0.4) is 0 Å². The van der Waals surface area contributed by atoms with Crippen LogP contribution in [0.5, 0.6) is 0 Å². The Morgan fingerprint density at radius 3 is 1.16 bits per heavy atom. The van der Waals surface area contributed by atoms with Gasteiger partial charge in [-0.2, -0.15) is 8.42 Å². The van der Waals surface area contributed by atoms with E-state index in [-0.39, 0.29) is 19.4 Å². The molecule has 0 aromatic rings. The maximum Gasteiger partial charge on any atom is 0.306 e. The zero-order chi connectivity index (χ0) is 46.2. The normalized spacial score (nSPS) is 19.6. The maximum absolute atomic E-state index is 12.8. The second-order valence-corrected chi connectivity index (χ2v) is 20.1. The Bertz CT molecular complexity index is 1170. The second kappa shape index (κ2) is 40.9. The van der Waals surface area contributed by atoms with E-state index in [0.29, 0.717) is 12.8 Å². The monoisotopic (exact) mass is 921 g/mol. The number of aliphatic hydroxyl groups excluding tert-OH is 3. The molecule has 1 saturated heterocycles. The van der Waals surface area contributed by atoms with Crippen LogP contribution < -0.4 is 0 Å². The lowest BCUT2D eigenvalue weighted by Crippen LogP contribution is -2.60. The van der Waals surface area contributed by atoms with E-state index in [1.54, 1.807) is 0 Å². The Hall–Kier alpha value is -1.35. The lowest BCUT2D eigenvalue weighted by atomic mass is 10.00. The zero-order valence-electron chi connectivity index (χ0n) is 40.2. The Labute approximate surface area is 384 Å². The minimum atomic E-state index is -4.60. The largest absolute Gasteiger partial charge is 0.462 e. The van der Waals surface area contributed by atoms with Crippen molar-refractivity contribution in [3.05, 3.63) is 0 Å². The average molecular weight is 921 g/mol. The summed E-state index contributed by atoms with van der Waals surface area (Å²) < 4.78 is 54.2. The summed E-state index contributed by atoms with van der Waals surface area (Å²) in [6.07, 6.45) is 34.4. The van der Waals surface area contributed by atoms with Crippen molar-refractivity contribution < 1.29 is 56.8 Å². The van der Waals surface area contributed by atoms with Crippen LogP contribution in [-0.4, -0.2) is 96.0 Å². The molecule has 0 aliphatic carbocycles. The Morgan fingerprint density at radius 2 is 0.810 bits per heavy atom. The minimum absolute atomic E-state index is 0.172. The number of unbranched alkanes of at least 4 members (excludes halogenated alkanes) is 33. The molecule has 0 amide bonds. The number of hydrogen-bond donors (Lipinski definition) is 4. The number of carbonyl (C=O) groups excluding carboxylic acids is 2. The maximum atomic E-state index is 12.8. The molecular weight excluding hydrogens is 825 g/mol. The molecule has 1 aliphatic rings. The van der Waals surface area contributed by atoms with Gasteiger partial charge in [0, 0.05) is 12.8 Å². The number of carbonyl (C=O) groups is 2. The van der Waals surface area contributed by atoms with Crippen molar-refractivity contribution in [2.75, 3.05) is 19.0 Å². The molecule has 1 fully saturated rings. The highest BCUT2D eigenvalue weighted by Gasteiger charge is 2.46. The minimum Gasteiger partial charge on any atom is -0.462 e. The SMILES string of the molecule is CCCCCCCCCCCCCCCCCCCCCCCCCC(=O)OC[C@H](CO[C@H]1O[C@H](CS(=O)(=O)O)[C@@H](O)C(O)C1O)OC(=O)CCCCCCCCCCCCCC. The molecule has 0 radical (unpaired) electrons. The van der Waals surface area contributed by atoms with Gasteiger partial charge < -0.3 is 34.3 Å². The van der Waals surface area contributed by atoms with E-state index < -0.39 is 71.2 Å². The lowest BCUT2D eigenvalue weighted by molar-refractivity contribution is -0.297. The fraction of sp³-hybridized carbons (Fsp3) is 0.960. The highest BCUT2D eigenvalue weighted by molar-refractivity contribution is 7.85. The van der Waals surface area contributed by atoms with Gasteiger partial charge in [0.2, 0.25) is 0 Å². The number of aliphatic hydroxyl groups is 3. The summed E-state index contributed by atoms with van der Waals surface area (Å²) in [5.41, 5.74) is 0. The Kier molecular flexibility index (Phi) is 38.7. The summed E-state index contributed by atoms with van der Waals surface area (Å²) >= 11 is 0. The number of esters is 2. The molecule has 1 heterocycles. The van der Waals surface area contributed by atoms with Crippen LogP contribution in [0.4, 0.5) is 0 Å². The average Bonchev–Trinajstić information content (AvgIpc) is 3.25. The molecule has 4 N–H and O–H groups in total. The molecule has 13 heteroatoms. The van der Waals surface area contributed by atoms with Crippen LogP contribution in [0.1, 0.15) is 251 Å². The molecular formula is C50H96O12S. The summed E-state index contributed by atoms with van der Waals surface area (Å²) in [5, 5.41) is 30.9. The van der Waals surface area contributed by atoms with Gasteiger partial charge in [0.1, 0.15) is 36.8 Å². The zero-order valence-corrected chi connectivity index (χ0v) is 41.0. The molecule has 63 heavy (non-hydrogen) atoms. The number of hydrogen-bond acceptors (Lipinski definition) is 11. The predicted molar refractivity (Wildman–Crippen MR) is 252 cm³/mol. The van der Waals surface area contributed by atoms with E-state index in [2.05, 4.69) is 13.8 Å². The first-order chi connectivity index (χ1) is 30.5. The van der Waals surface area contributed by atoms with Crippen molar-refractivity contribution in [1.29, 1.82) is 0 Å². The third-order valence-electron chi connectivity index (χ3n) is 12.4. The number of rotatable bonds is 45. The van der Waals surface area contributed by atoms with E-state index in [4.69, 9.17) is 18.9 Å². The first-order valence-corrected chi connectivity index (χ1v) is 27.7. The molecule has 2 unspecified atom stereocenters. The predicted octanol–water partition coefficient (Wildman–Crippen LogP) is 11.6. The van der Waals surface area contributed by atoms with Crippen LogP contribution in [0, 0.1) is 0 Å². The summed E-state index contributed by atoms with van der Waals surface area (Å²) in [4.78, 5) is 25.5. The Morgan fingerprint density at radius 1 is 0.476 bits per heavy atom. The third kappa shape index (κ3) is 35.5. The number of ether oxygens (including phenoxy) is 4. The molecule has 0 saturated carbocycles. The molecule has 0 aromatic carbocycles. The first kappa shape index (κ1) is 59.7. The van der Waals surface area contributed by atoms with Crippen molar-refractivity contribution in [1.82, 2.24) is 0 Å². The van der Waals surface area contributed by atoms with E-state index in [1.165, 1.54) is 173 Å². The second-order valence-electron chi connectivity index (χ2n) is 18.6.